The summed E-state index contributed by atoms with van der Waals surface area (Å²) in [5.41, 5.74) is -5.31. The van der Waals surface area contributed by atoms with Gasteiger partial charge >= 0.3 is 6.18 Å². The fourth-order valence-electron chi connectivity index (χ4n) is 4.80. The number of imide groups is 1. The van der Waals surface area contributed by atoms with Crippen LogP contribution in [0.3, 0.4) is 0 Å². The number of carbonyl (C=O) groups excluding carboxylic acids is 2. The molecule has 10 heteroatoms. The molecule has 0 saturated carbocycles. The second-order valence-electron chi connectivity index (χ2n) is 7.67. The molecule has 148 valence electrons. The Morgan fingerprint density at radius 3 is 2.04 bits per heavy atom. The molecule has 1 aromatic carbocycles. The number of ether oxygens (including phenoxy) is 1. The first-order valence-corrected chi connectivity index (χ1v) is 8.43. The number of aliphatic hydroxyl groups excluding tert-OH is 2. The summed E-state index contributed by atoms with van der Waals surface area (Å²) in [6, 6.07) is 4.00. The van der Waals surface area contributed by atoms with Crippen LogP contribution in [0.25, 0.3) is 0 Å². The predicted octanol–water partition coefficient (Wildman–Crippen LogP) is 0.966. The first-order chi connectivity index (χ1) is 12.9. The van der Waals surface area contributed by atoms with Crippen molar-refractivity contribution in [2.75, 3.05) is 4.90 Å². The second-order valence-corrected chi connectivity index (χ2v) is 7.67. The topological polar surface area (TPSA) is 111 Å². The first kappa shape index (κ1) is 18.9. The maximum atomic E-state index is 13.3. The number of amides is 2. The third-order valence-electron chi connectivity index (χ3n) is 6.14. The standard InChI is InChI=1S/C18H15F3N2O5/c1-16-10-11(17(2,28-16)13(25)12(16)24)15(27)23(14(10)26)8-4-3-7(6-22)9(5-8)18(19,20)21/h3-5,10-13,24-25H,1-2H3/t10-,11+,12-,13-,16+,17-/m0/s1. The van der Waals surface area contributed by atoms with E-state index in [1.807, 2.05) is 0 Å². The Balaban J connectivity index is 1.82. The van der Waals surface area contributed by atoms with Crippen molar-refractivity contribution in [3.8, 4) is 6.07 Å². The zero-order valence-corrected chi connectivity index (χ0v) is 14.7. The summed E-state index contributed by atoms with van der Waals surface area (Å²) in [6.45, 7) is 2.79. The van der Waals surface area contributed by atoms with E-state index in [-0.39, 0.29) is 5.69 Å². The number of anilines is 1. The molecule has 0 spiro atoms. The largest absolute Gasteiger partial charge is 0.417 e. The number of carbonyl (C=O) groups is 2. The molecule has 0 radical (unpaired) electrons. The molecule has 3 saturated heterocycles. The van der Waals surface area contributed by atoms with Crippen molar-refractivity contribution < 1.29 is 37.7 Å². The highest BCUT2D eigenvalue weighted by atomic mass is 19.4. The van der Waals surface area contributed by atoms with Crippen LogP contribution in [-0.4, -0.2) is 45.4 Å². The number of benzene rings is 1. The van der Waals surface area contributed by atoms with E-state index in [0.717, 1.165) is 12.1 Å². The van der Waals surface area contributed by atoms with E-state index in [9.17, 15) is 33.0 Å². The van der Waals surface area contributed by atoms with Gasteiger partial charge in [-0.05, 0) is 32.0 Å². The number of alkyl halides is 3. The number of hydrogen-bond donors (Lipinski definition) is 2. The van der Waals surface area contributed by atoms with E-state index in [4.69, 9.17) is 10.00 Å². The van der Waals surface area contributed by atoms with Crippen molar-refractivity contribution >= 4 is 17.5 Å². The summed E-state index contributed by atoms with van der Waals surface area (Å²) in [4.78, 5) is 26.6. The molecule has 3 fully saturated rings. The molecular formula is C18H15F3N2O5. The van der Waals surface area contributed by atoms with Crippen LogP contribution < -0.4 is 4.90 Å². The molecule has 3 heterocycles. The van der Waals surface area contributed by atoms with Gasteiger partial charge in [0, 0.05) is 0 Å². The Hall–Kier alpha value is -2.48. The summed E-state index contributed by atoms with van der Waals surface area (Å²) >= 11 is 0. The van der Waals surface area contributed by atoms with E-state index < -0.39 is 64.4 Å². The summed E-state index contributed by atoms with van der Waals surface area (Å²) in [5, 5.41) is 29.5. The Bertz CT molecular complexity index is 920. The lowest BCUT2D eigenvalue weighted by Crippen LogP contribution is -2.57. The average Bonchev–Trinajstić information content (AvgIpc) is 3.10. The minimum atomic E-state index is -4.85. The molecule has 3 aliphatic heterocycles. The van der Waals surface area contributed by atoms with Crippen molar-refractivity contribution in [3.05, 3.63) is 29.3 Å². The fraction of sp³-hybridized carbons (Fsp3) is 0.500. The molecule has 2 N–H and O–H groups in total. The van der Waals surface area contributed by atoms with Crippen molar-refractivity contribution in [2.24, 2.45) is 11.8 Å². The molecule has 2 bridgehead atoms. The summed E-state index contributed by atoms with van der Waals surface area (Å²) in [6.07, 6.45) is -7.71. The average molecular weight is 396 g/mol. The molecule has 6 atom stereocenters. The molecule has 7 nitrogen and oxygen atoms in total. The third-order valence-corrected chi connectivity index (χ3v) is 6.14. The highest BCUT2D eigenvalue weighted by Gasteiger charge is 2.79. The van der Waals surface area contributed by atoms with Crippen LogP contribution in [0.1, 0.15) is 25.0 Å². The lowest BCUT2D eigenvalue weighted by Gasteiger charge is -2.35. The maximum Gasteiger partial charge on any atom is 0.417 e. The van der Waals surface area contributed by atoms with Gasteiger partial charge in [0.15, 0.2) is 0 Å². The minimum Gasteiger partial charge on any atom is -0.387 e. The number of hydrogen-bond acceptors (Lipinski definition) is 6. The lowest BCUT2D eigenvalue weighted by atomic mass is 9.66. The van der Waals surface area contributed by atoms with Crippen LogP contribution >= 0.6 is 0 Å². The Kier molecular flexibility index (Phi) is 3.58. The van der Waals surface area contributed by atoms with Crippen LogP contribution in [0, 0.1) is 23.2 Å². The van der Waals surface area contributed by atoms with E-state index in [2.05, 4.69) is 0 Å². The van der Waals surface area contributed by atoms with Gasteiger partial charge in [-0.25, -0.2) is 4.90 Å². The number of aliphatic hydroxyl groups is 2. The van der Waals surface area contributed by atoms with Crippen molar-refractivity contribution in [2.45, 2.75) is 43.4 Å². The fourth-order valence-corrected chi connectivity index (χ4v) is 4.80. The Morgan fingerprint density at radius 2 is 1.61 bits per heavy atom. The molecule has 0 unspecified atom stereocenters. The number of fused-ring (bicyclic) bond motifs is 5. The van der Waals surface area contributed by atoms with Gasteiger partial charge in [0.05, 0.1) is 34.7 Å². The lowest BCUT2D eigenvalue weighted by molar-refractivity contribution is -0.138. The first-order valence-electron chi connectivity index (χ1n) is 8.43. The third kappa shape index (κ3) is 2.04. The Morgan fingerprint density at radius 1 is 1.11 bits per heavy atom. The molecular weight excluding hydrogens is 381 g/mol. The second kappa shape index (κ2) is 5.31. The van der Waals surface area contributed by atoms with Crippen molar-refractivity contribution in [1.29, 1.82) is 5.26 Å². The normalized spacial score (nSPS) is 39.4. The highest BCUT2D eigenvalue weighted by molar-refractivity contribution is 6.23. The van der Waals surface area contributed by atoms with Gasteiger partial charge in [-0.15, -0.1) is 0 Å². The van der Waals surface area contributed by atoms with Gasteiger partial charge in [0.2, 0.25) is 11.8 Å². The summed E-state index contributed by atoms with van der Waals surface area (Å²) in [5.74, 6) is -3.92. The minimum absolute atomic E-state index is 0.327. The van der Waals surface area contributed by atoms with E-state index in [1.165, 1.54) is 19.9 Å². The summed E-state index contributed by atoms with van der Waals surface area (Å²) < 4.78 is 45.5. The Labute approximate surface area is 156 Å². The van der Waals surface area contributed by atoms with Gasteiger partial charge in [-0.1, -0.05) is 0 Å². The van der Waals surface area contributed by atoms with Crippen molar-refractivity contribution in [3.63, 3.8) is 0 Å². The van der Waals surface area contributed by atoms with Gasteiger partial charge < -0.3 is 14.9 Å². The highest BCUT2D eigenvalue weighted by Crippen LogP contribution is 2.61. The number of halogens is 3. The van der Waals surface area contributed by atoms with E-state index in [1.54, 1.807) is 0 Å². The van der Waals surface area contributed by atoms with Gasteiger partial charge in [-0.3, -0.25) is 9.59 Å². The molecule has 3 aliphatic rings. The summed E-state index contributed by atoms with van der Waals surface area (Å²) in [7, 11) is 0. The van der Waals surface area contributed by atoms with E-state index >= 15 is 0 Å². The van der Waals surface area contributed by atoms with E-state index in [0.29, 0.717) is 11.0 Å². The number of nitrogens with zero attached hydrogens (tertiary/aromatic N) is 2. The maximum absolute atomic E-state index is 13.3. The van der Waals surface area contributed by atoms with Crippen LogP contribution in [-0.2, 0) is 20.5 Å². The smallest absolute Gasteiger partial charge is 0.387 e. The molecule has 2 amide bonds. The number of rotatable bonds is 1. The SMILES string of the molecule is C[C@]12O[C@](C)([C@@H](O)[C@@H]1O)[C@H]1C(=O)N(c3ccc(C#N)c(C(F)(F)F)c3)C(=O)[C@H]12. The van der Waals surface area contributed by atoms with Crippen LogP contribution in [0.5, 0.6) is 0 Å². The van der Waals surface area contributed by atoms with Gasteiger partial charge in [0.25, 0.3) is 0 Å². The van der Waals surface area contributed by atoms with Gasteiger partial charge in [-0.2, -0.15) is 18.4 Å². The zero-order valence-electron chi connectivity index (χ0n) is 14.7. The monoisotopic (exact) mass is 396 g/mol. The molecule has 28 heavy (non-hydrogen) atoms. The zero-order chi connectivity index (χ0) is 20.8. The van der Waals surface area contributed by atoms with Gasteiger partial charge in [0.1, 0.15) is 23.4 Å². The molecule has 4 rings (SSSR count). The quantitative estimate of drug-likeness (QED) is 0.685. The van der Waals surface area contributed by atoms with Crippen LogP contribution in [0.15, 0.2) is 18.2 Å². The predicted molar refractivity (Wildman–Crippen MR) is 85.5 cm³/mol. The molecule has 1 aromatic rings. The van der Waals surface area contributed by atoms with Crippen LogP contribution in [0.2, 0.25) is 0 Å². The van der Waals surface area contributed by atoms with Crippen molar-refractivity contribution in [1.82, 2.24) is 0 Å². The number of nitriles is 1. The molecule has 0 aromatic heterocycles. The van der Waals surface area contributed by atoms with Crippen LogP contribution in [0.4, 0.5) is 18.9 Å². The molecule has 0 aliphatic carbocycles.